The quantitative estimate of drug-likeness (QED) is 0.772. The number of hydrogen-bond acceptors (Lipinski definition) is 5. The van der Waals surface area contributed by atoms with E-state index in [4.69, 9.17) is 4.42 Å². The molecule has 3 heterocycles. The smallest absolute Gasteiger partial charge is 0.408 e. The van der Waals surface area contributed by atoms with Crippen LogP contribution in [0, 0.1) is 0 Å². The summed E-state index contributed by atoms with van der Waals surface area (Å²) in [7, 11) is 0. The Hall–Kier alpha value is -3.09. The summed E-state index contributed by atoms with van der Waals surface area (Å²) in [5.41, 5.74) is 2.13. The van der Waals surface area contributed by atoms with Gasteiger partial charge in [0.05, 0.1) is 11.1 Å². The molecule has 0 bridgehead atoms. The highest BCUT2D eigenvalue weighted by Gasteiger charge is 2.20. The molecule has 1 saturated heterocycles. The molecule has 24 heavy (non-hydrogen) atoms. The fourth-order valence-corrected chi connectivity index (χ4v) is 2.98. The van der Waals surface area contributed by atoms with Gasteiger partial charge in [-0.05, 0) is 43.2 Å². The molecule has 4 rings (SSSR count). The lowest BCUT2D eigenvalue weighted by Gasteiger charge is -2.19. The Morgan fingerprint density at radius 1 is 1.25 bits per heavy atom. The minimum absolute atomic E-state index is 0.227. The minimum Gasteiger partial charge on any atom is -0.408 e. The lowest BCUT2D eigenvalue weighted by Crippen LogP contribution is -2.24. The monoisotopic (exact) mass is 324 g/mol. The topological polar surface area (TPSA) is 91.2 Å². The van der Waals surface area contributed by atoms with Gasteiger partial charge < -0.3 is 14.6 Å². The lowest BCUT2D eigenvalue weighted by molar-refractivity contribution is 0.102. The number of hydrogen-bond donors (Lipinski definition) is 2. The SMILES string of the molecule is O=C(Nc1ccc2oc(=O)[nH]c2c1)c1cccnc1N1CCCC1. The first kappa shape index (κ1) is 14.5. The van der Waals surface area contributed by atoms with Crippen molar-refractivity contribution in [3.8, 4) is 0 Å². The van der Waals surface area contributed by atoms with E-state index in [0.29, 0.717) is 28.2 Å². The molecule has 7 heteroatoms. The maximum atomic E-state index is 12.7. The average molecular weight is 324 g/mol. The van der Waals surface area contributed by atoms with Crippen molar-refractivity contribution in [2.45, 2.75) is 12.8 Å². The van der Waals surface area contributed by atoms with Crippen LogP contribution in [0.5, 0.6) is 0 Å². The van der Waals surface area contributed by atoms with Crippen molar-refractivity contribution in [3.63, 3.8) is 0 Å². The van der Waals surface area contributed by atoms with Crippen molar-refractivity contribution in [1.82, 2.24) is 9.97 Å². The van der Waals surface area contributed by atoms with Gasteiger partial charge in [0.2, 0.25) is 0 Å². The van der Waals surface area contributed by atoms with E-state index < -0.39 is 5.76 Å². The summed E-state index contributed by atoms with van der Waals surface area (Å²) in [6, 6.07) is 8.54. The molecule has 2 N–H and O–H groups in total. The van der Waals surface area contributed by atoms with Crippen LogP contribution < -0.4 is 16.0 Å². The third kappa shape index (κ3) is 2.64. The Labute approximate surface area is 137 Å². The molecule has 1 aliphatic rings. The molecule has 1 aliphatic heterocycles. The first-order valence-corrected chi connectivity index (χ1v) is 7.85. The van der Waals surface area contributed by atoms with E-state index in [1.54, 1.807) is 36.5 Å². The number of rotatable bonds is 3. The standard InChI is InChI=1S/C17H16N4O3/c22-16(12-4-3-7-18-15(12)21-8-1-2-9-21)19-11-5-6-14-13(10-11)20-17(23)24-14/h3-7,10H,1-2,8-9H2,(H,19,22)(H,20,23). The third-order valence-corrected chi connectivity index (χ3v) is 4.11. The molecule has 0 unspecified atom stereocenters. The number of anilines is 2. The Morgan fingerprint density at radius 2 is 2.08 bits per heavy atom. The number of oxazole rings is 1. The summed E-state index contributed by atoms with van der Waals surface area (Å²) in [6.07, 6.45) is 3.93. The van der Waals surface area contributed by atoms with Gasteiger partial charge in [-0.1, -0.05) is 0 Å². The van der Waals surface area contributed by atoms with Gasteiger partial charge in [-0.3, -0.25) is 9.78 Å². The number of nitrogens with one attached hydrogen (secondary N) is 2. The van der Waals surface area contributed by atoms with Crippen LogP contribution in [0.1, 0.15) is 23.2 Å². The van der Waals surface area contributed by atoms with E-state index in [0.717, 1.165) is 25.9 Å². The summed E-state index contributed by atoms with van der Waals surface area (Å²) in [6.45, 7) is 1.83. The molecule has 2 aromatic heterocycles. The second-order valence-corrected chi connectivity index (χ2v) is 5.75. The van der Waals surface area contributed by atoms with E-state index in [1.807, 2.05) is 0 Å². The zero-order valence-corrected chi connectivity index (χ0v) is 12.9. The van der Waals surface area contributed by atoms with Gasteiger partial charge in [-0.25, -0.2) is 9.78 Å². The van der Waals surface area contributed by atoms with Crippen molar-refractivity contribution in [1.29, 1.82) is 0 Å². The Morgan fingerprint density at radius 3 is 2.92 bits per heavy atom. The van der Waals surface area contributed by atoms with Crippen molar-refractivity contribution in [3.05, 3.63) is 52.6 Å². The van der Waals surface area contributed by atoms with E-state index in [-0.39, 0.29) is 5.91 Å². The fourth-order valence-electron chi connectivity index (χ4n) is 2.98. The van der Waals surface area contributed by atoms with Gasteiger partial charge in [0.25, 0.3) is 5.91 Å². The highest BCUT2D eigenvalue weighted by Crippen LogP contribution is 2.23. The predicted octanol–water partition coefficient (Wildman–Crippen LogP) is 2.37. The Kier molecular flexibility index (Phi) is 3.53. The molecule has 1 fully saturated rings. The first-order valence-electron chi connectivity index (χ1n) is 7.85. The highest BCUT2D eigenvalue weighted by atomic mass is 16.4. The molecule has 1 aromatic carbocycles. The molecular formula is C17H16N4O3. The number of H-pyrrole nitrogens is 1. The Balaban J connectivity index is 1.62. The fraction of sp³-hybridized carbons (Fsp3) is 0.235. The Bertz CT molecular complexity index is 954. The maximum Gasteiger partial charge on any atom is 0.417 e. The lowest BCUT2D eigenvalue weighted by atomic mass is 10.2. The predicted molar refractivity (Wildman–Crippen MR) is 90.5 cm³/mol. The normalized spacial score (nSPS) is 14.2. The number of aromatic amines is 1. The third-order valence-electron chi connectivity index (χ3n) is 4.11. The van der Waals surface area contributed by atoms with Crippen LogP contribution in [0.2, 0.25) is 0 Å². The largest absolute Gasteiger partial charge is 0.417 e. The molecular weight excluding hydrogens is 308 g/mol. The first-order chi connectivity index (χ1) is 11.7. The summed E-state index contributed by atoms with van der Waals surface area (Å²) < 4.78 is 4.96. The van der Waals surface area contributed by atoms with Crippen LogP contribution in [0.4, 0.5) is 11.5 Å². The summed E-state index contributed by atoms with van der Waals surface area (Å²) in [5.74, 6) is -0.0301. The van der Waals surface area contributed by atoms with Crippen LogP contribution in [-0.2, 0) is 0 Å². The van der Waals surface area contributed by atoms with Gasteiger partial charge in [0, 0.05) is 25.0 Å². The van der Waals surface area contributed by atoms with E-state index >= 15 is 0 Å². The van der Waals surface area contributed by atoms with Crippen molar-refractivity contribution in [2.24, 2.45) is 0 Å². The van der Waals surface area contributed by atoms with Gasteiger partial charge >= 0.3 is 5.76 Å². The molecule has 0 radical (unpaired) electrons. The number of carbonyl (C=O) groups is 1. The second kappa shape index (κ2) is 5.84. The van der Waals surface area contributed by atoms with Crippen LogP contribution in [0.15, 0.2) is 45.7 Å². The number of benzene rings is 1. The number of pyridine rings is 1. The minimum atomic E-state index is -0.517. The molecule has 0 atom stereocenters. The summed E-state index contributed by atoms with van der Waals surface area (Å²) in [5, 5.41) is 2.85. The van der Waals surface area contributed by atoms with Gasteiger partial charge in [-0.15, -0.1) is 0 Å². The second-order valence-electron chi connectivity index (χ2n) is 5.75. The highest BCUT2D eigenvalue weighted by molar-refractivity contribution is 6.08. The number of amides is 1. The molecule has 3 aromatic rings. The summed E-state index contributed by atoms with van der Waals surface area (Å²) >= 11 is 0. The van der Waals surface area contributed by atoms with Crippen molar-refractivity contribution < 1.29 is 9.21 Å². The molecule has 0 saturated carbocycles. The number of aromatic nitrogens is 2. The molecule has 122 valence electrons. The van der Waals surface area contributed by atoms with Gasteiger partial charge in [0.1, 0.15) is 5.82 Å². The molecule has 1 amide bonds. The van der Waals surface area contributed by atoms with Crippen LogP contribution in [0.25, 0.3) is 11.1 Å². The zero-order chi connectivity index (χ0) is 16.5. The van der Waals surface area contributed by atoms with Gasteiger partial charge in [0.15, 0.2) is 5.58 Å². The van der Waals surface area contributed by atoms with E-state index in [1.165, 1.54) is 0 Å². The van der Waals surface area contributed by atoms with E-state index in [2.05, 4.69) is 20.2 Å². The van der Waals surface area contributed by atoms with Crippen LogP contribution in [0.3, 0.4) is 0 Å². The molecule has 7 nitrogen and oxygen atoms in total. The van der Waals surface area contributed by atoms with Crippen molar-refractivity contribution >= 4 is 28.5 Å². The maximum absolute atomic E-state index is 12.7. The molecule has 0 spiro atoms. The average Bonchev–Trinajstić information content (AvgIpc) is 3.23. The number of fused-ring (bicyclic) bond motifs is 1. The molecule has 0 aliphatic carbocycles. The zero-order valence-electron chi connectivity index (χ0n) is 12.9. The summed E-state index contributed by atoms with van der Waals surface area (Å²) in [4.78, 5) is 33.0. The van der Waals surface area contributed by atoms with Crippen molar-refractivity contribution in [2.75, 3.05) is 23.3 Å². The van der Waals surface area contributed by atoms with Crippen LogP contribution >= 0.6 is 0 Å². The van der Waals surface area contributed by atoms with E-state index in [9.17, 15) is 9.59 Å². The van der Waals surface area contributed by atoms with Gasteiger partial charge in [-0.2, -0.15) is 0 Å². The van der Waals surface area contributed by atoms with Crippen LogP contribution in [-0.4, -0.2) is 29.0 Å². The number of nitrogens with zero attached hydrogens (tertiary/aromatic N) is 2. The number of carbonyl (C=O) groups excluding carboxylic acids is 1.